The van der Waals surface area contributed by atoms with E-state index in [1.54, 1.807) is 0 Å². The molecule has 0 saturated carbocycles. The van der Waals surface area contributed by atoms with Crippen molar-refractivity contribution in [1.82, 2.24) is 16.0 Å². The molecule has 0 aromatic heterocycles. The van der Waals surface area contributed by atoms with Crippen molar-refractivity contribution >= 4 is 5.69 Å². The van der Waals surface area contributed by atoms with E-state index in [0.717, 1.165) is 39.3 Å². The molecule has 6 heteroatoms. The molecule has 3 saturated heterocycles. The van der Waals surface area contributed by atoms with E-state index in [-0.39, 0.29) is 0 Å². The monoisotopic (exact) mass is 500 g/mol. The van der Waals surface area contributed by atoms with Crippen molar-refractivity contribution in [3.63, 3.8) is 0 Å². The summed E-state index contributed by atoms with van der Waals surface area (Å²) in [4.78, 5) is 0. The summed E-state index contributed by atoms with van der Waals surface area (Å²) in [7, 11) is 0. The first kappa shape index (κ1) is 27.8. The topological polar surface area (TPSA) is 66.6 Å². The Morgan fingerprint density at radius 2 is 1.56 bits per heavy atom. The third-order valence-corrected chi connectivity index (χ3v) is 8.45. The van der Waals surface area contributed by atoms with E-state index < -0.39 is 0 Å². The third kappa shape index (κ3) is 8.70. The number of aryl methyl sites for hydroxylation is 2. The molecule has 7 atom stereocenters. The molecular formula is C30H52N4O2. The summed E-state index contributed by atoms with van der Waals surface area (Å²) in [5.74, 6) is 0.605. The largest absolute Gasteiger partial charge is 0.383 e. The van der Waals surface area contributed by atoms with Crippen LogP contribution in [0, 0.1) is 19.8 Å². The molecule has 3 aliphatic rings. The number of hydrogen-bond acceptors (Lipinski definition) is 6. The van der Waals surface area contributed by atoms with Gasteiger partial charge in [0.15, 0.2) is 0 Å². The minimum Gasteiger partial charge on any atom is -0.383 e. The fourth-order valence-electron chi connectivity index (χ4n) is 6.40. The van der Waals surface area contributed by atoms with Crippen molar-refractivity contribution in [2.24, 2.45) is 5.92 Å². The van der Waals surface area contributed by atoms with E-state index in [0.29, 0.717) is 42.2 Å². The molecule has 1 aromatic carbocycles. The summed E-state index contributed by atoms with van der Waals surface area (Å²) in [5, 5.41) is 14.9. The lowest BCUT2D eigenvalue weighted by molar-refractivity contribution is 0.0409. The molecule has 4 rings (SSSR count). The van der Waals surface area contributed by atoms with Gasteiger partial charge in [-0.25, -0.2) is 0 Å². The van der Waals surface area contributed by atoms with Gasteiger partial charge in [0.05, 0.1) is 19.3 Å². The predicted molar refractivity (Wildman–Crippen MR) is 150 cm³/mol. The van der Waals surface area contributed by atoms with E-state index in [4.69, 9.17) is 9.47 Å². The normalized spacial score (nSPS) is 30.1. The molecule has 204 valence electrons. The maximum Gasteiger partial charge on any atom is 0.0623 e. The highest BCUT2D eigenvalue weighted by atomic mass is 16.5. The molecule has 3 heterocycles. The average Bonchev–Trinajstić information content (AvgIpc) is 3.61. The van der Waals surface area contributed by atoms with E-state index in [9.17, 15) is 0 Å². The van der Waals surface area contributed by atoms with Crippen LogP contribution in [0.1, 0.15) is 76.3 Å². The van der Waals surface area contributed by atoms with Crippen LogP contribution in [-0.2, 0) is 9.47 Å². The molecular weight excluding hydrogens is 448 g/mol. The van der Waals surface area contributed by atoms with E-state index in [2.05, 4.69) is 67.2 Å². The van der Waals surface area contributed by atoms with Crippen LogP contribution in [0.25, 0.3) is 0 Å². The second-order valence-corrected chi connectivity index (χ2v) is 12.0. The maximum atomic E-state index is 6.31. The second-order valence-electron chi connectivity index (χ2n) is 12.0. The lowest BCUT2D eigenvalue weighted by Crippen LogP contribution is -2.38. The van der Waals surface area contributed by atoms with E-state index >= 15 is 0 Å². The number of rotatable bonds is 14. The van der Waals surface area contributed by atoms with Crippen molar-refractivity contribution in [2.75, 3.05) is 38.2 Å². The number of ether oxygens (including phenoxy) is 2. The Balaban J connectivity index is 1.05. The first-order valence-electron chi connectivity index (χ1n) is 14.7. The molecule has 0 amide bonds. The minimum absolute atomic E-state index is 0.296. The third-order valence-electron chi connectivity index (χ3n) is 8.45. The van der Waals surface area contributed by atoms with Crippen molar-refractivity contribution in [1.29, 1.82) is 0 Å². The fourth-order valence-corrected chi connectivity index (χ4v) is 6.40. The Bertz CT molecular complexity index is 764. The van der Waals surface area contributed by atoms with Gasteiger partial charge in [-0.15, -0.1) is 0 Å². The number of nitrogens with one attached hydrogen (secondary N) is 4. The van der Waals surface area contributed by atoms with Gasteiger partial charge in [0, 0.05) is 49.0 Å². The lowest BCUT2D eigenvalue weighted by Gasteiger charge is -2.22. The summed E-state index contributed by atoms with van der Waals surface area (Å²) in [6.07, 6.45) is 10.1. The predicted octanol–water partition coefficient (Wildman–Crippen LogP) is 4.55. The van der Waals surface area contributed by atoms with Crippen molar-refractivity contribution in [3.05, 3.63) is 29.3 Å². The minimum atomic E-state index is 0.296. The Kier molecular flexibility index (Phi) is 10.9. The molecule has 1 aromatic rings. The maximum absolute atomic E-state index is 6.31. The summed E-state index contributed by atoms with van der Waals surface area (Å²) in [6, 6.07) is 9.30. The Morgan fingerprint density at radius 3 is 2.31 bits per heavy atom. The molecule has 0 radical (unpaired) electrons. The average molecular weight is 501 g/mol. The van der Waals surface area contributed by atoms with Gasteiger partial charge in [-0.3, -0.25) is 0 Å². The number of hydrogen-bond donors (Lipinski definition) is 4. The van der Waals surface area contributed by atoms with Crippen LogP contribution in [0.5, 0.6) is 0 Å². The first-order chi connectivity index (χ1) is 17.5. The number of para-hydroxylation sites is 1. The van der Waals surface area contributed by atoms with Gasteiger partial charge in [0.2, 0.25) is 0 Å². The van der Waals surface area contributed by atoms with Gasteiger partial charge >= 0.3 is 0 Å². The van der Waals surface area contributed by atoms with Gasteiger partial charge in [-0.05, 0) is 95.7 Å². The zero-order valence-corrected chi connectivity index (χ0v) is 23.3. The molecule has 0 spiro atoms. The highest BCUT2D eigenvalue weighted by Crippen LogP contribution is 2.23. The van der Waals surface area contributed by atoms with Gasteiger partial charge in [0.1, 0.15) is 0 Å². The smallest absolute Gasteiger partial charge is 0.0623 e. The Morgan fingerprint density at radius 1 is 0.861 bits per heavy atom. The second kappa shape index (κ2) is 14.1. The van der Waals surface area contributed by atoms with Crippen molar-refractivity contribution < 1.29 is 9.47 Å². The first-order valence-corrected chi connectivity index (χ1v) is 14.7. The van der Waals surface area contributed by atoms with Crippen molar-refractivity contribution in [3.8, 4) is 0 Å². The SMILES string of the molecule is Cc1cccc(C)c1NC[C@@H]1CCC(CC(C)OC[C@@H]2CC[C@@H](CC(C)COC[C@@H]3CCCN3)N2)N1. The summed E-state index contributed by atoms with van der Waals surface area (Å²) < 4.78 is 12.3. The van der Waals surface area contributed by atoms with Gasteiger partial charge in [-0.2, -0.15) is 0 Å². The Hall–Kier alpha value is -1.18. The van der Waals surface area contributed by atoms with Crippen LogP contribution in [0.2, 0.25) is 0 Å². The van der Waals surface area contributed by atoms with Crippen LogP contribution in [0.3, 0.4) is 0 Å². The molecule has 0 bridgehead atoms. The molecule has 36 heavy (non-hydrogen) atoms. The van der Waals surface area contributed by atoms with Crippen LogP contribution in [0.4, 0.5) is 5.69 Å². The summed E-state index contributed by atoms with van der Waals surface area (Å²) in [6.45, 7) is 13.7. The summed E-state index contributed by atoms with van der Waals surface area (Å²) >= 11 is 0. The Labute approximate surface area is 220 Å². The molecule has 0 aliphatic carbocycles. The lowest BCUT2D eigenvalue weighted by atomic mass is 10.0. The molecule has 3 aliphatic heterocycles. The van der Waals surface area contributed by atoms with Crippen LogP contribution in [-0.4, -0.2) is 69.2 Å². The number of anilines is 1. The van der Waals surface area contributed by atoms with E-state index in [1.165, 1.54) is 61.8 Å². The molecule has 3 fully saturated rings. The zero-order chi connectivity index (χ0) is 25.3. The van der Waals surface area contributed by atoms with Crippen LogP contribution in [0.15, 0.2) is 18.2 Å². The highest BCUT2D eigenvalue weighted by molar-refractivity contribution is 5.56. The zero-order valence-electron chi connectivity index (χ0n) is 23.3. The van der Waals surface area contributed by atoms with Gasteiger partial charge < -0.3 is 30.7 Å². The quantitative estimate of drug-likeness (QED) is 0.301. The molecule has 3 unspecified atom stereocenters. The van der Waals surface area contributed by atoms with Gasteiger partial charge in [-0.1, -0.05) is 25.1 Å². The fraction of sp³-hybridized carbons (Fsp3) is 0.800. The van der Waals surface area contributed by atoms with Crippen molar-refractivity contribution in [2.45, 2.75) is 115 Å². The molecule has 4 N–H and O–H groups in total. The highest BCUT2D eigenvalue weighted by Gasteiger charge is 2.28. The van der Waals surface area contributed by atoms with Crippen LogP contribution < -0.4 is 21.3 Å². The molecule has 6 nitrogen and oxygen atoms in total. The van der Waals surface area contributed by atoms with E-state index in [1.807, 2.05) is 0 Å². The number of benzene rings is 1. The standard InChI is InChI=1S/C30H52N4O2/c1-21(18-35-19-28-9-6-14-31-28)15-25-11-13-29(34-25)20-36-24(4)16-26-10-12-27(33-26)17-32-30-22(2)7-5-8-23(30)3/h5,7-8,21,24-29,31-34H,6,9-20H2,1-4H3/t21?,24?,25-,26?,27-,28-,29-/m0/s1. The summed E-state index contributed by atoms with van der Waals surface area (Å²) in [5.41, 5.74) is 3.95. The van der Waals surface area contributed by atoms with Crippen LogP contribution >= 0.6 is 0 Å². The van der Waals surface area contributed by atoms with Gasteiger partial charge in [0.25, 0.3) is 0 Å².